The molecule has 3 heterocycles. The summed E-state index contributed by atoms with van der Waals surface area (Å²) in [5, 5.41) is 21.7. The number of likely N-dealkylation sites (tertiary alicyclic amines) is 1. The first-order chi connectivity index (χ1) is 15.4. The van der Waals surface area contributed by atoms with Crippen LogP contribution in [0.4, 0.5) is 5.69 Å². The number of hydrogen-bond acceptors (Lipinski definition) is 8. The zero-order chi connectivity index (χ0) is 22.9. The van der Waals surface area contributed by atoms with Crippen molar-refractivity contribution in [1.82, 2.24) is 20.0 Å². The van der Waals surface area contributed by atoms with E-state index in [1.54, 1.807) is 18.5 Å². The molecule has 11 heteroatoms. The molecule has 1 amide bonds. The van der Waals surface area contributed by atoms with Gasteiger partial charge in [-0.3, -0.25) is 14.7 Å². The third-order valence-electron chi connectivity index (χ3n) is 4.49. The monoisotopic (exact) mass is 439 g/mol. The minimum atomic E-state index is -1.82. The lowest BCUT2D eigenvalue weighted by atomic mass is 10.0. The maximum Gasteiger partial charge on any atom is 0.414 e. The van der Waals surface area contributed by atoms with Crippen molar-refractivity contribution >= 4 is 23.5 Å². The fourth-order valence-electron chi connectivity index (χ4n) is 2.98. The summed E-state index contributed by atoms with van der Waals surface area (Å²) in [5.74, 6) is -2.16. The normalized spacial score (nSPS) is 13.4. The van der Waals surface area contributed by atoms with E-state index < -0.39 is 11.9 Å². The van der Waals surface area contributed by atoms with Crippen LogP contribution in [0, 0.1) is 0 Å². The van der Waals surface area contributed by atoms with E-state index in [9.17, 15) is 4.79 Å². The number of carboxylic acids is 2. The van der Waals surface area contributed by atoms with Crippen LogP contribution >= 0.6 is 0 Å². The molecule has 0 unspecified atom stereocenters. The third kappa shape index (κ3) is 6.71. The lowest BCUT2D eigenvalue weighted by Gasteiger charge is -2.36. The summed E-state index contributed by atoms with van der Waals surface area (Å²) in [7, 11) is 0. The summed E-state index contributed by atoms with van der Waals surface area (Å²) >= 11 is 0. The molecular formula is C21H21N5O6. The number of pyridine rings is 1. The third-order valence-corrected chi connectivity index (χ3v) is 4.49. The van der Waals surface area contributed by atoms with Gasteiger partial charge in [-0.2, -0.15) is 4.98 Å². The van der Waals surface area contributed by atoms with Crippen molar-refractivity contribution in [2.45, 2.75) is 12.3 Å². The predicted molar refractivity (Wildman–Crippen MR) is 111 cm³/mol. The van der Waals surface area contributed by atoms with Crippen LogP contribution in [0.2, 0.25) is 0 Å². The van der Waals surface area contributed by atoms with Crippen LogP contribution in [-0.4, -0.2) is 67.7 Å². The number of aromatic nitrogens is 3. The molecule has 3 N–H and O–H groups in total. The van der Waals surface area contributed by atoms with Gasteiger partial charge in [-0.25, -0.2) is 9.59 Å². The van der Waals surface area contributed by atoms with Gasteiger partial charge >= 0.3 is 11.9 Å². The smallest absolute Gasteiger partial charge is 0.414 e. The lowest BCUT2D eigenvalue weighted by molar-refractivity contribution is -0.159. The molecule has 3 aromatic rings. The average Bonchev–Trinajstić information content (AvgIpc) is 3.20. The fraction of sp³-hybridized carbons (Fsp3) is 0.238. The van der Waals surface area contributed by atoms with Gasteiger partial charge in [-0.05, 0) is 17.7 Å². The molecule has 32 heavy (non-hydrogen) atoms. The molecule has 0 aliphatic carbocycles. The van der Waals surface area contributed by atoms with Crippen LogP contribution in [0.1, 0.15) is 23.2 Å². The number of carboxylic acid groups (broad SMARTS) is 2. The molecule has 166 valence electrons. The summed E-state index contributed by atoms with van der Waals surface area (Å²) in [6.45, 7) is 1.83. The Labute approximate surface area is 182 Å². The Hall–Kier alpha value is -4.12. The molecule has 0 bridgehead atoms. The molecule has 0 saturated carbocycles. The average molecular weight is 439 g/mol. The minimum Gasteiger partial charge on any atom is -0.473 e. The van der Waals surface area contributed by atoms with Crippen LogP contribution in [0.3, 0.4) is 0 Å². The number of anilines is 1. The number of hydrogen-bond donors (Lipinski definition) is 3. The van der Waals surface area contributed by atoms with Crippen LogP contribution in [0.5, 0.6) is 0 Å². The highest BCUT2D eigenvalue weighted by Gasteiger charge is 2.33. The summed E-state index contributed by atoms with van der Waals surface area (Å²) in [5.41, 5.74) is 1.86. The van der Waals surface area contributed by atoms with E-state index in [0.717, 1.165) is 18.7 Å². The molecule has 4 rings (SSSR count). The summed E-state index contributed by atoms with van der Waals surface area (Å²) in [4.78, 5) is 40.8. The minimum absolute atomic E-state index is 0.0493. The highest BCUT2D eigenvalue weighted by molar-refractivity contribution is 6.27. The van der Waals surface area contributed by atoms with Crippen LogP contribution < -0.4 is 5.32 Å². The second kappa shape index (κ2) is 10.8. The zero-order valence-corrected chi connectivity index (χ0v) is 16.9. The quantitative estimate of drug-likeness (QED) is 0.477. The largest absolute Gasteiger partial charge is 0.473 e. The summed E-state index contributed by atoms with van der Waals surface area (Å²) in [6, 6.07) is 13.7. The fourth-order valence-corrected chi connectivity index (χ4v) is 2.98. The van der Waals surface area contributed by atoms with Gasteiger partial charge in [0.05, 0.1) is 24.3 Å². The Bertz CT molecular complexity index is 1040. The number of carbonyl (C=O) groups excluding carboxylic acids is 1. The number of amides is 1. The lowest BCUT2D eigenvalue weighted by Crippen LogP contribution is -2.48. The van der Waals surface area contributed by atoms with Crippen molar-refractivity contribution < 1.29 is 29.1 Å². The molecule has 0 spiro atoms. The first-order valence-electron chi connectivity index (χ1n) is 9.65. The highest BCUT2D eigenvalue weighted by Crippen LogP contribution is 2.25. The van der Waals surface area contributed by atoms with E-state index in [1.807, 2.05) is 36.4 Å². The molecule has 0 atom stereocenters. The standard InChI is InChI=1S/C19H19N5O2.C2H2O4/c25-18(21-16-7-4-8-20-10-16)13-24-11-15(12-24)19-22-17(23-26-19)9-14-5-2-1-3-6-14;3-1(4)2(5)6/h1-8,10,15H,9,11-13H2,(H,21,25);(H,3,4)(H,5,6). The van der Waals surface area contributed by atoms with E-state index in [4.69, 9.17) is 24.3 Å². The van der Waals surface area contributed by atoms with Crippen molar-refractivity contribution in [3.8, 4) is 0 Å². The van der Waals surface area contributed by atoms with Gasteiger partial charge in [0.25, 0.3) is 0 Å². The molecule has 11 nitrogen and oxygen atoms in total. The van der Waals surface area contributed by atoms with E-state index in [1.165, 1.54) is 0 Å². The van der Waals surface area contributed by atoms with Crippen LogP contribution in [0.25, 0.3) is 0 Å². The van der Waals surface area contributed by atoms with Crippen LogP contribution in [0.15, 0.2) is 59.4 Å². The van der Waals surface area contributed by atoms with Gasteiger partial charge in [-0.15, -0.1) is 0 Å². The number of aliphatic carboxylic acids is 2. The van der Waals surface area contributed by atoms with E-state index in [2.05, 4.69) is 25.3 Å². The number of nitrogens with zero attached hydrogens (tertiary/aromatic N) is 4. The van der Waals surface area contributed by atoms with Crippen molar-refractivity contribution in [3.63, 3.8) is 0 Å². The van der Waals surface area contributed by atoms with Gasteiger partial charge in [-0.1, -0.05) is 35.5 Å². The Balaban J connectivity index is 0.000000427. The topological polar surface area (TPSA) is 159 Å². The number of benzene rings is 1. The maximum atomic E-state index is 12.0. The van der Waals surface area contributed by atoms with Crippen molar-refractivity contribution in [1.29, 1.82) is 0 Å². The molecule has 0 radical (unpaired) electrons. The molecule has 1 aliphatic rings. The number of carbonyl (C=O) groups is 3. The summed E-state index contributed by atoms with van der Waals surface area (Å²) < 4.78 is 5.39. The number of rotatable bonds is 6. The number of nitrogens with one attached hydrogen (secondary N) is 1. The highest BCUT2D eigenvalue weighted by atomic mass is 16.5. The predicted octanol–water partition coefficient (Wildman–Crippen LogP) is 1.25. The first kappa shape index (κ1) is 22.6. The Morgan fingerprint density at radius 3 is 2.41 bits per heavy atom. The van der Waals surface area contributed by atoms with Gasteiger partial charge in [0, 0.05) is 25.7 Å². The molecule has 1 saturated heterocycles. The molecule has 1 fully saturated rings. The van der Waals surface area contributed by atoms with Gasteiger partial charge in [0.2, 0.25) is 11.8 Å². The second-order valence-electron chi connectivity index (χ2n) is 7.00. The molecule has 1 aromatic carbocycles. The van der Waals surface area contributed by atoms with Crippen molar-refractivity contribution in [3.05, 3.63) is 72.1 Å². The first-order valence-corrected chi connectivity index (χ1v) is 9.65. The summed E-state index contributed by atoms with van der Waals surface area (Å²) in [6.07, 6.45) is 3.96. The van der Waals surface area contributed by atoms with Crippen molar-refractivity contribution in [2.75, 3.05) is 25.0 Å². The van der Waals surface area contributed by atoms with E-state index in [0.29, 0.717) is 30.4 Å². The Morgan fingerprint density at radius 1 is 1.06 bits per heavy atom. The Kier molecular flexibility index (Phi) is 7.60. The SMILES string of the molecule is O=C(CN1CC(c2nc(Cc3ccccc3)no2)C1)Nc1cccnc1.O=C(O)C(=O)O. The molecule has 1 aliphatic heterocycles. The van der Waals surface area contributed by atoms with E-state index >= 15 is 0 Å². The van der Waals surface area contributed by atoms with Crippen LogP contribution in [-0.2, 0) is 20.8 Å². The van der Waals surface area contributed by atoms with Gasteiger partial charge < -0.3 is 20.1 Å². The molecular weight excluding hydrogens is 418 g/mol. The zero-order valence-electron chi connectivity index (χ0n) is 16.9. The maximum absolute atomic E-state index is 12.0. The second-order valence-corrected chi connectivity index (χ2v) is 7.00. The Morgan fingerprint density at radius 2 is 1.78 bits per heavy atom. The van der Waals surface area contributed by atoms with Crippen molar-refractivity contribution in [2.24, 2.45) is 0 Å². The van der Waals surface area contributed by atoms with Gasteiger partial charge in [0.15, 0.2) is 5.82 Å². The van der Waals surface area contributed by atoms with E-state index in [-0.39, 0.29) is 11.8 Å². The van der Waals surface area contributed by atoms with Gasteiger partial charge in [0.1, 0.15) is 0 Å². The molecule has 2 aromatic heterocycles.